The number of nitrogens with one attached hydrogen (secondary N) is 2. The maximum absolute atomic E-state index is 5.44. The van der Waals surface area contributed by atoms with Crippen LogP contribution in [0.15, 0.2) is 4.99 Å². The van der Waals surface area contributed by atoms with Crippen LogP contribution in [0.4, 0.5) is 0 Å². The minimum atomic E-state index is 0.442. The molecule has 0 amide bonds. The number of aromatic nitrogens is 3. The Morgan fingerprint density at radius 2 is 1.78 bits per heavy atom. The number of hydrogen-bond acceptors (Lipinski definition) is 4. The van der Waals surface area contributed by atoms with Crippen LogP contribution in [0.1, 0.15) is 50.2 Å². The lowest BCUT2D eigenvalue weighted by Crippen LogP contribution is -2.48. The van der Waals surface area contributed by atoms with Crippen LogP contribution in [-0.2, 0) is 18.3 Å². The van der Waals surface area contributed by atoms with Crippen LogP contribution in [0.25, 0.3) is 0 Å². The van der Waals surface area contributed by atoms with Crippen molar-refractivity contribution in [2.24, 2.45) is 12.0 Å². The van der Waals surface area contributed by atoms with Gasteiger partial charge >= 0.3 is 0 Å². The van der Waals surface area contributed by atoms with Crippen molar-refractivity contribution in [3.8, 4) is 0 Å². The van der Waals surface area contributed by atoms with Gasteiger partial charge in [-0.1, -0.05) is 12.8 Å². The molecule has 0 atom stereocenters. The number of aliphatic imine (C=N–C) groups is 1. The first-order chi connectivity index (χ1) is 11.2. The van der Waals surface area contributed by atoms with E-state index in [1.807, 2.05) is 18.5 Å². The van der Waals surface area contributed by atoms with Crippen LogP contribution in [-0.4, -0.2) is 46.0 Å². The van der Waals surface area contributed by atoms with Gasteiger partial charge in [-0.25, -0.2) is 4.99 Å². The van der Waals surface area contributed by atoms with Gasteiger partial charge in [0.2, 0.25) is 0 Å². The van der Waals surface area contributed by atoms with E-state index in [-0.39, 0.29) is 0 Å². The second kappa shape index (κ2) is 7.77. The fourth-order valence-electron chi connectivity index (χ4n) is 3.17. The molecule has 0 spiro atoms. The summed E-state index contributed by atoms with van der Waals surface area (Å²) in [6, 6.07) is 0.986. The molecule has 2 N–H and O–H groups in total. The Balaban J connectivity index is 1.64. The molecule has 2 heterocycles. The Bertz CT molecular complexity index is 529. The summed E-state index contributed by atoms with van der Waals surface area (Å²) in [5.74, 6) is 2.71. The molecule has 23 heavy (non-hydrogen) atoms. The van der Waals surface area contributed by atoms with Crippen molar-refractivity contribution in [3.05, 3.63) is 11.6 Å². The Morgan fingerprint density at radius 3 is 2.39 bits per heavy atom. The van der Waals surface area contributed by atoms with Gasteiger partial charge in [-0.3, -0.25) is 0 Å². The van der Waals surface area contributed by atoms with E-state index in [0.717, 1.165) is 43.7 Å². The molecule has 2 fully saturated rings. The van der Waals surface area contributed by atoms with Crippen LogP contribution >= 0.6 is 0 Å². The highest BCUT2D eigenvalue weighted by atomic mass is 16.5. The van der Waals surface area contributed by atoms with Crippen molar-refractivity contribution in [1.82, 2.24) is 25.4 Å². The van der Waals surface area contributed by atoms with Crippen LogP contribution < -0.4 is 10.6 Å². The summed E-state index contributed by atoms with van der Waals surface area (Å²) in [7, 11) is 1.98. The quantitative estimate of drug-likeness (QED) is 0.645. The highest BCUT2D eigenvalue weighted by Gasteiger charge is 2.19. The molecule has 7 heteroatoms. The lowest BCUT2D eigenvalue weighted by atomic mass is 10.1. The summed E-state index contributed by atoms with van der Waals surface area (Å²) in [4.78, 5) is 4.76. The first-order valence-corrected chi connectivity index (χ1v) is 8.72. The fraction of sp³-hybridized carbons (Fsp3) is 0.812. The maximum atomic E-state index is 5.44. The summed E-state index contributed by atoms with van der Waals surface area (Å²) in [5, 5.41) is 15.5. The molecule has 1 saturated heterocycles. The molecule has 3 rings (SSSR count). The number of guanidine groups is 1. The van der Waals surface area contributed by atoms with Gasteiger partial charge < -0.3 is 19.9 Å². The van der Waals surface area contributed by atoms with Gasteiger partial charge in [0.05, 0.1) is 0 Å². The van der Waals surface area contributed by atoms with E-state index in [1.54, 1.807) is 0 Å². The van der Waals surface area contributed by atoms with Crippen molar-refractivity contribution in [3.63, 3.8) is 0 Å². The lowest BCUT2D eigenvalue weighted by molar-refractivity contribution is 0.0821. The highest BCUT2D eigenvalue weighted by Crippen LogP contribution is 2.17. The summed E-state index contributed by atoms with van der Waals surface area (Å²) in [6.45, 7) is 4.16. The van der Waals surface area contributed by atoms with Gasteiger partial charge in [0.1, 0.15) is 12.4 Å². The zero-order chi connectivity index (χ0) is 16.1. The molecule has 1 saturated carbocycles. The van der Waals surface area contributed by atoms with E-state index in [2.05, 4.69) is 20.8 Å². The zero-order valence-corrected chi connectivity index (χ0v) is 14.2. The summed E-state index contributed by atoms with van der Waals surface area (Å²) >= 11 is 0. The number of hydrogen-bond donors (Lipinski definition) is 2. The Morgan fingerprint density at radius 1 is 1.13 bits per heavy atom. The van der Waals surface area contributed by atoms with Crippen molar-refractivity contribution >= 4 is 5.96 Å². The van der Waals surface area contributed by atoms with Gasteiger partial charge in [0.25, 0.3) is 0 Å². The molecule has 0 radical (unpaired) electrons. The third-order valence-electron chi connectivity index (χ3n) is 4.82. The summed E-state index contributed by atoms with van der Waals surface area (Å²) in [6.07, 6.45) is 7.16. The maximum Gasteiger partial charge on any atom is 0.192 e. The predicted molar refractivity (Wildman–Crippen MR) is 89.2 cm³/mol. The van der Waals surface area contributed by atoms with Crippen molar-refractivity contribution in [2.75, 3.05) is 13.2 Å². The molecule has 1 aliphatic heterocycles. The Hall–Kier alpha value is -1.63. The minimum Gasteiger partial charge on any atom is -0.381 e. The third-order valence-corrected chi connectivity index (χ3v) is 4.82. The number of nitrogens with zero attached hydrogens (tertiary/aromatic N) is 4. The van der Waals surface area contributed by atoms with E-state index in [9.17, 15) is 0 Å². The first kappa shape index (κ1) is 16.2. The van der Waals surface area contributed by atoms with E-state index in [4.69, 9.17) is 9.73 Å². The molecule has 1 aromatic heterocycles. The highest BCUT2D eigenvalue weighted by molar-refractivity contribution is 5.80. The molecule has 2 aliphatic rings. The lowest BCUT2D eigenvalue weighted by Gasteiger charge is -2.26. The average Bonchev–Trinajstić information content (AvgIpc) is 3.18. The average molecular weight is 320 g/mol. The molecule has 0 bridgehead atoms. The number of rotatable bonds is 4. The monoisotopic (exact) mass is 320 g/mol. The predicted octanol–water partition coefficient (Wildman–Crippen LogP) is 1.28. The first-order valence-electron chi connectivity index (χ1n) is 8.72. The second-order valence-electron chi connectivity index (χ2n) is 6.54. The molecular weight excluding hydrogens is 292 g/mol. The van der Waals surface area contributed by atoms with E-state index in [1.165, 1.54) is 25.7 Å². The fourth-order valence-corrected chi connectivity index (χ4v) is 3.17. The number of aryl methyl sites for hydroxylation is 1. The second-order valence-corrected chi connectivity index (χ2v) is 6.54. The smallest absolute Gasteiger partial charge is 0.192 e. The molecule has 1 aliphatic carbocycles. The van der Waals surface area contributed by atoms with Gasteiger partial charge in [-0.2, -0.15) is 0 Å². The van der Waals surface area contributed by atoms with Crippen LogP contribution in [0, 0.1) is 6.92 Å². The molecule has 0 unspecified atom stereocenters. The normalized spacial score (nSPS) is 20.9. The molecular formula is C16H28N6O. The van der Waals surface area contributed by atoms with Crippen LogP contribution in [0.5, 0.6) is 0 Å². The summed E-state index contributed by atoms with van der Waals surface area (Å²) < 4.78 is 7.43. The standard InChI is InChI=1S/C16H28N6O/c1-12-20-21-15(22(12)2)11-17-16(18-13-5-3-4-6-13)19-14-7-9-23-10-8-14/h13-14H,3-11H2,1-2H3,(H2,17,18,19). The van der Waals surface area contributed by atoms with Gasteiger partial charge in [0, 0.05) is 32.3 Å². The molecule has 7 nitrogen and oxygen atoms in total. The van der Waals surface area contributed by atoms with Crippen LogP contribution in [0.2, 0.25) is 0 Å². The Kier molecular flexibility index (Phi) is 5.48. The van der Waals surface area contributed by atoms with Gasteiger partial charge in [-0.05, 0) is 32.6 Å². The number of ether oxygens (including phenoxy) is 1. The SMILES string of the molecule is Cc1nnc(CN=C(NC2CCCC2)NC2CCOCC2)n1C. The van der Waals surface area contributed by atoms with Gasteiger partial charge in [-0.15, -0.1) is 10.2 Å². The van der Waals surface area contributed by atoms with Crippen molar-refractivity contribution in [2.45, 2.75) is 64.1 Å². The Labute approximate surface area is 137 Å². The topological polar surface area (TPSA) is 76.4 Å². The zero-order valence-electron chi connectivity index (χ0n) is 14.2. The largest absolute Gasteiger partial charge is 0.381 e. The van der Waals surface area contributed by atoms with E-state index >= 15 is 0 Å². The molecule has 0 aromatic carbocycles. The van der Waals surface area contributed by atoms with Gasteiger partial charge in [0.15, 0.2) is 11.8 Å². The third kappa shape index (κ3) is 4.43. The minimum absolute atomic E-state index is 0.442. The van der Waals surface area contributed by atoms with E-state index in [0.29, 0.717) is 18.6 Å². The van der Waals surface area contributed by atoms with Crippen molar-refractivity contribution < 1.29 is 4.74 Å². The molecule has 1 aromatic rings. The molecule has 128 valence electrons. The van der Waals surface area contributed by atoms with E-state index < -0.39 is 0 Å². The van der Waals surface area contributed by atoms with Crippen LogP contribution in [0.3, 0.4) is 0 Å². The van der Waals surface area contributed by atoms with Crippen molar-refractivity contribution in [1.29, 1.82) is 0 Å². The summed E-state index contributed by atoms with van der Waals surface area (Å²) in [5.41, 5.74) is 0.